The smallest absolute Gasteiger partial charge is 0.160 e. The van der Waals surface area contributed by atoms with E-state index in [0.29, 0.717) is 12.1 Å². The summed E-state index contributed by atoms with van der Waals surface area (Å²) in [5.41, 5.74) is 6.51. The SMILES string of the molecule is CC1CC2CCC1CC(C)N2c1cccc(-c2nc(-c3ccccc3)cc(-c3ccccc3)n2)c1. The van der Waals surface area contributed by atoms with Gasteiger partial charge in [0.2, 0.25) is 0 Å². The van der Waals surface area contributed by atoms with Gasteiger partial charge in [-0.2, -0.15) is 0 Å². The molecular formula is C32H33N3. The van der Waals surface area contributed by atoms with E-state index in [2.05, 4.69) is 97.6 Å². The van der Waals surface area contributed by atoms with Crippen molar-refractivity contribution < 1.29 is 0 Å². The van der Waals surface area contributed by atoms with E-state index in [1.807, 2.05) is 12.1 Å². The fourth-order valence-corrected chi connectivity index (χ4v) is 6.31. The quantitative estimate of drug-likeness (QED) is 0.311. The van der Waals surface area contributed by atoms with Crippen LogP contribution >= 0.6 is 0 Å². The van der Waals surface area contributed by atoms with Gasteiger partial charge in [-0.25, -0.2) is 9.97 Å². The van der Waals surface area contributed by atoms with Gasteiger partial charge in [0.25, 0.3) is 0 Å². The molecule has 4 atom stereocenters. The van der Waals surface area contributed by atoms with Crippen LogP contribution in [-0.4, -0.2) is 22.1 Å². The van der Waals surface area contributed by atoms with Crippen molar-refractivity contribution in [3.8, 4) is 33.9 Å². The molecule has 2 bridgehead atoms. The molecule has 1 saturated carbocycles. The fourth-order valence-electron chi connectivity index (χ4n) is 6.31. The molecule has 0 N–H and O–H groups in total. The highest BCUT2D eigenvalue weighted by Crippen LogP contribution is 2.43. The van der Waals surface area contributed by atoms with E-state index < -0.39 is 0 Å². The maximum Gasteiger partial charge on any atom is 0.160 e. The van der Waals surface area contributed by atoms with Crippen LogP contribution in [0, 0.1) is 11.8 Å². The van der Waals surface area contributed by atoms with Gasteiger partial charge in [-0.1, -0.05) is 79.7 Å². The molecule has 4 aromatic rings. The summed E-state index contributed by atoms with van der Waals surface area (Å²) in [6.45, 7) is 4.87. The Morgan fingerprint density at radius 3 is 1.91 bits per heavy atom. The van der Waals surface area contributed by atoms with Gasteiger partial charge < -0.3 is 4.90 Å². The predicted octanol–water partition coefficient (Wildman–Crippen LogP) is 7.88. The summed E-state index contributed by atoms with van der Waals surface area (Å²) in [6.07, 6.45) is 5.27. The molecule has 35 heavy (non-hydrogen) atoms. The Kier molecular flexibility index (Phi) is 5.85. The second-order valence-electron chi connectivity index (χ2n) is 10.4. The van der Waals surface area contributed by atoms with E-state index in [-0.39, 0.29) is 0 Å². The second kappa shape index (κ2) is 9.30. The van der Waals surface area contributed by atoms with E-state index in [1.165, 1.54) is 31.4 Å². The first-order valence-electron chi connectivity index (χ1n) is 13.0. The van der Waals surface area contributed by atoms with Gasteiger partial charge in [0.05, 0.1) is 11.4 Å². The van der Waals surface area contributed by atoms with Crippen LogP contribution in [0.15, 0.2) is 91.0 Å². The lowest BCUT2D eigenvalue weighted by Gasteiger charge is -2.38. The van der Waals surface area contributed by atoms with Gasteiger partial charge in [-0.05, 0) is 62.6 Å². The highest BCUT2D eigenvalue weighted by molar-refractivity contribution is 5.73. The lowest BCUT2D eigenvalue weighted by Crippen LogP contribution is -2.40. The molecule has 2 saturated heterocycles. The Morgan fingerprint density at radius 2 is 1.29 bits per heavy atom. The molecule has 3 aliphatic rings. The summed E-state index contributed by atoms with van der Waals surface area (Å²) >= 11 is 0. The largest absolute Gasteiger partial charge is 0.366 e. The number of hydrogen-bond donors (Lipinski definition) is 0. The van der Waals surface area contributed by atoms with Crippen LogP contribution in [0.1, 0.15) is 39.5 Å². The summed E-state index contributed by atoms with van der Waals surface area (Å²) < 4.78 is 0. The Labute approximate surface area is 208 Å². The first-order chi connectivity index (χ1) is 17.2. The molecular weight excluding hydrogens is 426 g/mol. The van der Waals surface area contributed by atoms with Crippen molar-refractivity contribution in [2.45, 2.75) is 51.6 Å². The normalized spacial score (nSPS) is 23.8. The summed E-state index contributed by atoms with van der Waals surface area (Å²) in [5.74, 6) is 2.48. The Hall–Kier alpha value is -3.46. The molecule has 7 rings (SSSR count). The number of aromatic nitrogens is 2. The van der Waals surface area contributed by atoms with Crippen molar-refractivity contribution in [1.29, 1.82) is 0 Å². The fraction of sp³-hybridized carbons (Fsp3) is 0.312. The molecule has 3 fully saturated rings. The van der Waals surface area contributed by atoms with Crippen molar-refractivity contribution in [3.05, 3.63) is 91.0 Å². The molecule has 3 heteroatoms. The maximum atomic E-state index is 5.05. The molecule has 176 valence electrons. The van der Waals surface area contributed by atoms with Gasteiger partial charge in [0.15, 0.2) is 5.82 Å². The zero-order chi connectivity index (χ0) is 23.8. The molecule has 0 radical (unpaired) electrons. The molecule has 0 amide bonds. The van der Waals surface area contributed by atoms with Crippen molar-refractivity contribution >= 4 is 5.69 Å². The molecule has 3 heterocycles. The van der Waals surface area contributed by atoms with Crippen LogP contribution in [0.25, 0.3) is 33.9 Å². The Bertz CT molecular complexity index is 1240. The minimum absolute atomic E-state index is 0.559. The van der Waals surface area contributed by atoms with E-state index in [9.17, 15) is 0 Å². The highest BCUT2D eigenvalue weighted by Gasteiger charge is 2.38. The zero-order valence-corrected chi connectivity index (χ0v) is 20.6. The van der Waals surface area contributed by atoms with Gasteiger partial charge in [0.1, 0.15) is 0 Å². The third kappa shape index (κ3) is 4.36. The molecule has 1 aliphatic carbocycles. The molecule has 3 nitrogen and oxygen atoms in total. The molecule has 2 aliphatic heterocycles. The average molecular weight is 460 g/mol. The van der Waals surface area contributed by atoms with Crippen LogP contribution in [0.5, 0.6) is 0 Å². The molecule has 4 unspecified atom stereocenters. The van der Waals surface area contributed by atoms with Crippen LogP contribution in [0.4, 0.5) is 5.69 Å². The summed E-state index contributed by atoms with van der Waals surface area (Å²) in [4.78, 5) is 12.8. The molecule has 1 aromatic heterocycles. The molecule has 0 spiro atoms. The topological polar surface area (TPSA) is 29.0 Å². The van der Waals surface area contributed by atoms with E-state index in [0.717, 1.165) is 45.7 Å². The predicted molar refractivity (Wildman–Crippen MR) is 145 cm³/mol. The maximum absolute atomic E-state index is 5.05. The Balaban J connectivity index is 1.44. The summed E-state index contributed by atoms with van der Waals surface area (Å²) in [5, 5.41) is 0. The number of nitrogens with zero attached hydrogens (tertiary/aromatic N) is 3. The average Bonchev–Trinajstić information content (AvgIpc) is 3.14. The van der Waals surface area contributed by atoms with Crippen molar-refractivity contribution in [1.82, 2.24) is 9.97 Å². The lowest BCUT2D eigenvalue weighted by atomic mass is 9.78. The zero-order valence-electron chi connectivity index (χ0n) is 20.6. The standard InChI is InChI=1S/C32H33N3/c1-22-18-29-17-16-26(22)19-23(2)35(29)28-15-9-14-27(20-28)32-33-30(24-10-5-3-6-11-24)21-31(34-32)25-12-7-4-8-13-25/h3-15,20-23,26,29H,16-19H2,1-2H3. The minimum atomic E-state index is 0.559. The number of fused-ring (bicyclic) bond motifs is 4. The minimum Gasteiger partial charge on any atom is -0.366 e. The third-order valence-electron chi connectivity index (χ3n) is 8.10. The lowest BCUT2D eigenvalue weighted by molar-refractivity contribution is 0.252. The number of anilines is 1. The molecule has 3 aromatic carbocycles. The van der Waals surface area contributed by atoms with Gasteiger partial charge in [-0.15, -0.1) is 0 Å². The monoisotopic (exact) mass is 459 g/mol. The third-order valence-corrected chi connectivity index (χ3v) is 8.10. The van der Waals surface area contributed by atoms with Crippen molar-refractivity contribution in [3.63, 3.8) is 0 Å². The van der Waals surface area contributed by atoms with Gasteiger partial charge in [-0.3, -0.25) is 0 Å². The van der Waals surface area contributed by atoms with Crippen molar-refractivity contribution in [2.24, 2.45) is 11.8 Å². The number of hydrogen-bond acceptors (Lipinski definition) is 3. The second-order valence-corrected chi connectivity index (χ2v) is 10.4. The van der Waals surface area contributed by atoms with Gasteiger partial charge in [0, 0.05) is 34.5 Å². The van der Waals surface area contributed by atoms with Crippen LogP contribution in [-0.2, 0) is 0 Å². The van der Waals surface area contributed by atoms with Gasteiger partial charge >= 0.3 is 0 Å². The highest BCUT2D eigenvalue weighted by atomic mass is 15.2. The van der Waals surface area contributed by atoms with Crippen LogP contribution in [0.2, 0.25) is 0 Å². The van der Waals surface area contributed by atoms with Crippen molar-refractivity contribution in [2.75, 3.05) is 4.90 Å². The summed E-state index contributed by atoms with van der Waals surface area (Å²) in [6, 6.07) is 33.1. The first-order valence-corrected chi connectivity index (χ1v) is 13.0. The number of rotatable bonds is 4. The van der Waals surface area contributed by atoms with E-state index in [1.54, 1.807) is 0 Å². The number of benzene rings is 3. The van der Waals surface area contributed by atoms with Crippen LogP contribution < -0.4 is 4.90 Å². The summed E-state index contributed by atoms with van der Waals surface area (Å²) in [7, 11) is 0. The van der Waals surface area contributed by atoms with Crippen LogP contribution in [0.3, 0.4) is 0 Å². The first kappa shape index (κ1) is 22.0. The Morgan fingerprint density at radius 1 is 0.657 bits per heavy atom. The van der Waals surface area contributed by atoms with E-state index in [4.69, 9.17) is 9.97 Å². The van der Waals surface area contributed by atoms with E-state index >= 15 is 0 Å².